The number of rotatable bonds is 5. The van der Waals surface area contributed by atoms with Crippen LogP contribution in [0.25, 0.3) is 22.3 Å². The zero-order valence-corrected chi connectivity index (χ0v) is 20.9. The number of pyridine rings is 1. The van der Waals surface area contributed by atoms with Crippen LogP contribution < -0.4 is 9.64 Å². The third kappa shape index (κ3) is 6.59. The van der Waals surface area contributed by atoms with Gasteiger partial charge in [-0.2, -0.15) is 18.2 Å². The number of nitrogens with zero attached hydrogens (tertiary/aromatic N) is 6. The van der Waals surface area contributed by atoms with E-state index in [2.05, 4.69) is 42.6 Å². The predicted octanol–water partition coefficient (Wildman–Crippen LogP) is 3.92. The SMILES string of the molecule is COc1ccc2c(ccn2Cc2nc(-c3ccc(N4CCCN(C)CC4)nc3)no2)c1.O=C(O)C(F)(F)F. The fraction of sp³-hybridized carbons (Fsp3) is 0.360. The first-order chi connectivity index (χ1) is 18.1. The summed E-state index contributed by atoms with van der Waals surface area (Å²) in [6.07, 6.45) is -0.0894. The molecule has 0 radical (unpaired) electrons. The second-order valence-corrected chi connectivity index (χ2v) is 8.73. The minimum absolute atomic E-state index is 0.510. The molecule has 38 heavy (non-hydrogen) atoms. The summed E-state index contributed by atoms with van der Waals surface area (Å²) in [5.74, 6) is 0.198. The Hall–Kier alpha value is -4.13. The molecule has 1 aliphatic heterocycles. The number of alkyl halides is 3. The summed E-state index contributed by atoms with van der Waals surface area (Å²) < 4.78 is 44.6. The molecule has 0 spiro atoms. The van der Waals surface area contributed by atoms with Gasteiger partial charge in [-0.25, -0.2) is 9.78 Å². The quantitative estimate of drug-likeness (QED) is 0.409. The van der Waals surface area contributed by atoms with Crippen molar-refractivity contribution in [3.05, 3.63) is 54.7 Å². The molecule has 0 unspecified atom stereocenters. The average molecular weight is 533 g/mol. The number of anilines is 1. The summed E-state index contributed by atoms with van der Waals surface area (Å²) in [5, 5.41) is 12.4. The molecule has 0 saturated carbocycles. The lowest BCUT2D eigenvalue weighted by atomic mass is 10.2. The van der Waals surface area contributed by atoms with Gasteiger partial charge in [-0.1, -0.05) is 5.16 Å². The van der Waals surface area contributed by atoms with Gasteiger partial charge in [-0.05, 0) is 56.4 Å². The van der Waals surface area contributed by atoms with Crippen LogP contribution in [0.2, 0.25) is 0 Å². The lowest BCUT2D eigenvalue weighted by Gasteiger charge is -2.21. The number of fused-ring (bicyclic) bond motifs is 1. The fourth-order valence-corrected chi connectivity index (χ4v) is 4.01. The third-order valence-corrected chi connectivity index (χ3v) is 6.04. The number of hydrogen-bond acceptors (Lipinski definition) is 8. The number of aromatic nitrogens is 4. The molecule has 0 amide bonds. The van der Waals surface area contributed by atoms with Gasteiger partial charge in [-0.3, -0.25) is 0 Å². The van der Waals surface area contributed by atoms with E-state index in [1.54, 1.807) is 7.11 Å². The monoisotopic (exact) mass is 532 g/mol. The summed E-state index contributed by atoms with van der Waals surface area (Å²) in [5.41, 5.74) is 1.95. The maximum Gasteiger partial charge on any atom is 0.490 e. The van der Waals surface area contributed by atoms with Crippen LogP contribution in [0.4, 0.5) is 19.0 Å². The smallest absolute Gasteiger partial charge is 0.490 e. The lowest BCUT2D eigenvalue weighted by molar-refractivity contribution is -0.192. The molecule has 5 rings (SSSR count). The van der Waals surface area contributed by atoms with Gasteiger partial charge in [0.2, 0.25) is 11.7 Å². The van der Waals surface area contributed by atoms with Crippen LogP contribution in [0.5, 0.6) is 5.75 Å². The summed E-state index contributed by atoms with van der Waals surface area (Å²) in [4.78, 5) is 22.8. The maximum atomic E-state index is 10.6. The molecule has 1 aliphatic rings. The molecule has 202 valence electrons. The van der Waals surface area contributed by atoms with Crippen molar-refractivity contribution < 1.29 is 32.3 Å². The first-order valence-corrected chi connectivity index (χ1v) is 11.8. The van der Waals surface area contributed by atoms with Gasteiger partial charge >= 0.3 is 12.1 Å². The van der Waals surface area contributed by atoms with Crippen molar-refractivity contribution in [2.75, 3.05) is 45.2 Å². The third-order valence-electron chi connectivity index (χ3n) is 6.04. The fourth-order valence-electron chi connectivity index (χ4n) is 4.01. The number of carbonyl (C=O) groups is 1. The molecule has 4 aromatic rings. The first-order valence-electron chi connectivity index (χ1n) is 11.8. The summed E-state index contributed by atoms with van der Waals surface area (Å²) in [7, 11) is 3.84. The molecule has 0 bridgehead atoms. The van der Waals surface area contributed by atoms with Crippen molar-refractivity contribution in [3.63, 3.8) is 0 Å². The number of carboxylic acid groups (broad SMARTS) is 1. The van der Waals surface area contributed by atoms with E-state index in [1.165, 1.54) is 0 Å². The van der Waals surface area contributed by atoms with E-state index >= 15 is 0 Å². The highest BCUT2D eigenvalue weighted by Gasteiger charge is 2.38. The predicted molar refractivity (Wildman–Crippen MR) is 133 cm³/mol. The second-order valence-electron chi connectivity index (χ2n) is 8.73. The van der Waals surface area contributed by atoms with Crippen molar-refractivity contribution in [1.82, 2.24) is 24.6 Å². The van der Waals surface area contributed by atoms with E-state index in [1.807, 2.05) is 42.7 Å². The Kier molecular flexibility index (Phi) is 8.15. The van der Waals surface area contributed by atoms with Crippen molar-refractivity contribution in [1.29, 1.82) is 0 Å². The minimum Gasteiger partial charge on any atom is -0.497 e. The van der Waals surface area contributed by atoms with E-state index in [4.69, 9.17) is 19.2 Å². The molecule has 1 fully saturated rings. The molecular weight excluding hydrogens is 505 g/mol. The van der Waals surface area contributed by atoms with E-state index in [-0.39, 0.29) is 0 Å². The van der Waals surface area contributed by atoms with Gasteiger partial charge in [0.15, 0.2) is 0 Å². The Morgan fingerprint density at radius 3 is 2.61 bits per heavy atom. The number of likely N-dealkylation sites (N-methyl/N-ethyl adjacent to an activating group) is 1. The van der Waals surface area contributed by atoms with E-state index in [0.717, 1.165) is 60.6 Å². The molecular formula is C25H27F3N6O4. The summed E-state index contributed by atoms with van der Waals surface area (Å²) in [6, 6.07) is 12.1. The Bertz CT molecular complexity index is 1370. The zero-order chi connectivity index (χ0) is 27.3. The molecule has 10 nitrogen and oxygen atoms in total. The molecule has 13 heteroatoms. The number of halogens is 3. The lowest BCUT2D eigenvalue weighted by Crippen LogP contribution is -2.29. The standard InChI is InChI=1S/C23H26N6O2.C2HF3O2/c1-27-9-3-10-28(13-12-27)21-7-4-18(15-24-21)23-25-22(31-26-23)16-29-11-8-17-14-19(30-2)5-6-20(17)29;3-2(4,5)1(6)7/h4-8,11,14-15H,3,9-10,12-13,16H2,1-2H3;(H,6,7). The topological polar surface area (TPSA) is 110 Å². The van der Waals surface area contributed by atoms with Crippen molar-refractivity contribution in [2.45, 2.75) is 19.1 Å². The molecule has 0 aliphatic carbocycles. The molecule has 3 aromatic heterocycles. The molecule has 1 N–H and O–H groups in total. The number of benzene rings is 1. The largest absolute Gasteiger partial charge is 0.497 e. The Balaban J connectivity index is 0.000000426. The molecule has 4 heterocycles. The Morgan fingerprint density at radius 1 is 1.13 bits per heavy atom. The van der Waals surface area contributed by atoms with E-state index in [9.17, 15) is 13.2 Å². The van der Waals surface area contributed by atoms with Crippen LogP contribution in [-0.2, 0) is 11.3 Å². The van der Waals surface area contributed by atoms with Crippen LogP contribution >= 0.6 is 0 Å². The van der Waals surface area contributed by atoms with Gasteiger partial charge in [0, 0.05) is 48.5 Å². The van der Waals surface area contributed by atoms with Gasteiger partial charge < -0.3 is 28.7 Å². The first kappa shape index (κ1) is 26.9. The number of aliphatic carboxylic acids is 1. The van der Waals surface area contributed by atoms with Crippen LogP contribution in [0.1, 0.15) is 12.3 Å². The highest BCUT2D eigenvalue weighted by Crippen LogP contribution is 2.24. The van der Waals surface area contributed by atoms with Crippen molar-refractivity contribution in [2.24, 2.45) is 0 Å². The minimum atomic E-state index is -5.08. The maximum absolute atomic E-state index is 10.6. The normalized spacial score (nSPS) is 14.6. The number of methoxy groups -OCH3 is 1. The zero-order valence-electron chi connectivity index (χ0n) is 20.9. The highest BCUT2D eigenvalue weighted by molar-refractivity contribution is 5.81. The highest BCUT2D eigenvalue weighted by atomic mass is 19.4. The molecule has 1 saturated heterocycles. The average Bonchev–Trinajstić information content (AvgIpc) is 3.46. The van der Waals surface area contributed by atoms with Crippen LogP contribution in [0.15, 0.2) is 53.3 Å². The van der Waals surface area contributed by atoms with Crippen LogP contribution in [0.3, 0.4) is 0 Å². The van der Waals surface area contributed by atoms with Gasteiger partial charge in [0.1, 0.15) is 18.1 Å². The van der Waals surface area contributed by atoms with Crippen molar-refractivity contribution >= 4 is 22.7 Å². The Morgan fingerprint density at radius 2 is 1.92 bits per heavy atom. The molecule has 0 atom stereocenters. The second kappa shape index (κ2) is 11.5. The number of ether oxygens (including phenoxy) is 1. The number of carboxylic acids is 1. The van der Waals surface area contributed by atoms with Gasteiger partial charge in [-0.15, -0.1) is 0 Å². The van der Waals surface area contributed by atoms with Crippen molar-refractivity contribution in [3.8, 4) is 17.1 Å². The molecule has 1 aromatic carbocycles. The summed E-state index contributed by atoms with van der Waals surface area (Å²) in [6.45, 7) is 4.71. The van der Waals surface area contributed by atoms with E-state index < -0.39 is 12.1 Å². The summed E-state index contributed by atoms with van der Waals surface area (Å²) >= 11 is 0. The van der Waals surface area contributed by atoms with E-state index in [0.29, 0.717) is 18.3 Å². The van der Waals surface area contributed by atoms with Gasteiger partial charge in [0.05, 0.1) is 7.11 Å². The number of hydrogen-bond donors (Lipinski definition) is 1. The van der Waals surface area contributed by atoms with Gasteiger partial charge in [0.25, 0.3) is 0 Å². The van der Waals surface area contributed by atoms with Crippen LogP contribution in [0, 0.1) is 0 Å². The Labute approximate surface area is 216 Å². The van der Waals surface area contributed by atoms with Crippen LogP contribution in [-0.4, -0.2) is 82.2 Å².